The molecule has 1 aromatic heterocycles. The lowest BCUT2D eigenvalue weighted by Gasteiger charge is -2.27. The summed E-state index contributed by atoms with van der Waals surface area (Å²) in [6.07, 6.45) is 3.31. The van der Waals surface area contributed by atoms with Crippen molar-refractivity contribution in [2.75, 3.05) is 11.9 Å². The molecular weight excluding hydrogens is 555 g/mol. The number of nitrogens with one attached hydrogen (secondary N) is 2. The molecule has 1 amide bonds. The van der Waals surface area contributed by atoms with E-state index < -0.39 is 18.0 Å². The van der Waals surface area contributed by atoms with Crippen LogP contribution in [0, 0.1) is 0 Å². The molecule has 0 fully saturated rings. The Kier molecular flexibility index (Phi) is 9.50. The molecule has 2 atom stereocenters. The molecule has 0 radical (unpaired) electrons. The van der Waals surface area contributed by atoms with Crippen molar-refractivity contribution in [3.8, 4) is 11.5 Å². The summed E-state index contributed by atoms with van der Waals surface area (Å²) in [6, 6.07) is 20.6. The number of anilines is 1. The van der Waals surface area contributed by atoms with Crippen LogP contribution in [0.25, 0.3) is 0 Å². The van der Waals surface area contributed by atoms with Gasteiger partial charge < -0.3 is 30.0 Å². The third kappa shape index (κ3) is 7.22. The van der Waals surface area contributed by atoms with Gasteiger partial charge in [0.25, 0.3) is 5.91 Å². The molecule has 8 nitrogen and oxygen atoms in total. The van der Waals surface area contributed by atoms with E-state index in [2.05, 4.69) is 10.6 Å². The minimum absolute atomic E-state index is 0. The summed E-state index contributed by atoms with van der Waals surface area (Å²) in [7, 11) is 0. The van der Waals surface area contributed by atoms with Crippen LogP contribution in [0.15, 0.2) is 83.5 Å². The summed E-state index contributed by atoms with van der Waals surface area (Å²) in [6.45, 7) is 0.408. The highest BCUT2D eigenvalue weighted by Gasteiger charge is 2.21. The fraction of sp³-hybridized carbons (Fsp3) is 0.200. The predicted octanol–water partition coefficient (Wildman–Crippen LogP) is 6.28. The lowest BCUT2D eigenvalue weighted by Crippen LogP contribution is -2.37. The van der Waals surface area contributed by atoms with E-state index in [1.165, 1.54) is 30.0 Å². The van der Waals surface area contributed by atoms with E-state index in [1.54, 1.807) is 24.3 Å². The Morgan fingerprint density at radius 1 is 1.02 bits per heavy atom. The summed E-state index contributed by atoms with van der Waals surface area (Å²) in [4.78, 5) is 24.1. The normalized spacial score (nSPS) is 14.9. The number of ether oxygens (including phenoxy) is 1. The lowest BCUT2D eigenvalue weighted by molar-refractivity contribution is 0.0696. The molecule has 1 aliphatic rings. The van der Waals surface area contributed by atoms with Gasteiger partial charge in [0.05, 0.1) is 17.9 Å². The first-order chi connectivity index (χ1) is 18.8. The van der Waals surface area contributed by atoms with Gasteiger partial charge in [-0.2, -0.15) is 0 Å². The number of aliphatic hydroxyl groups excluding tert-OH is 1. The Hall–Kier alpha value is -3.82. The molecule has 10 heteroatoms. The van der Waals surface area contributed by atoms with Gasteiger partial charge >= 0.3 is 5.97 Å². The summed E-state index contributed by atoms with van der Waals surface area (Å²) in [5.74, 6) is -0.704. The first-order valence-electron chi connectivity index (χ1n) is 12.5. The van der Waals surface area contributed by atoms with Crippen LogP contribution in [-0.2, 0) is 12.8 Å². The van der Waals surface area contributed by atoms with Gasteiger partial charge in [0.2, 0.25) is 0 Å². The number of amides is 1. The van der Waals surface area contributed by atoms with Gasteiger partial charge in [0, 0.05) is 29.4 Å². The molecule has 0 bridgehead atoms. The third-order valence-corrected chi connectivity index (χ3v) is 6.87. The lowest BCUT2D eigenvalue weighted by atomic mass is 9.88. The van der Waals surface area contributed by atoms with Crippen LogP contribution in [0.4, 0.5) is 5.69 Å². The molecular formula is C30H28Cl2N2O6. The molecule has 1 heterocycles. The van der Waals surface area contributed by atoms with Gasteiger partial charge in [-0.3, -0.25) is 4.79 Å². The molecule has 0 spiro atoms. The highest BCUT2D eigenvalue weighted by atomic mass is 35.5. The fourth-order valence-corrected chi connectivity index (χ4v) is 4.87. The van der Waals surface area contributed by atoms with Gasteiger partial charge in [-0.1, -0.05) is 29.8 Å². The number of benzene rings is 3. The third-order valence-electron chi connectivity index (χ3n) is 6.63. The van der Waals surface area contributed by atoms with Gasteiger partial charge in [-0.25, -0.2) is 4.79 Å². The average molecular weight is 583 g/mol. The second-order valence-corrected chi connectivity index (χ2v) is 9.87. The van der Waals surface area contributed by atoms with Crippen molar-refractivity contribution in [2.45, 2.75) is 31.4 Å². The number of carboxylic acid groups (broad SMARTS) is 1. The smallest absolute Gasteiger partial charge is 0.335 e. The average Bonchev–Trinajstić information content (AvgIpc) is 3.47. The van der Waals surface area contributed by atoms with Crippen LogP contribution in [0.3, 0.4) is 0 Å². The van der Waals surface area contributed by atoms with E-state index in [-0.39, 0.29) is 41.2 Å². The van der Waals surface area contributed by atoms with Crippen LogP contribution in [0.1, 0.15) is 50.1 Å². The van der Waals surface area contributed by atoms with Crippen LogP contribution in [-0.4, -0.2) is 34.7 Å². The largest absolute Gasteiger partial charge is 0.478 e. The highest BCUT2D eigenvalue weighted by Crippen LogP contribution is 2.31. The molecule has 4 aromatic rings. The molecule has 1 aliphatic carbocycles. The number of aromatic carboxylic acids is 1. The molecule has 0 saturated carbocycles. The molecule has 4 N–H and O–H groups in total. The summed E-state index contributed by atoms with van der Waals surface area (Å²) in [5.41, 5.74) is 3.36. The number of hydrogen-bond acceptors (Lipinski definition) is 6. The Morgan fingerprint density at radius 2 is 1.88 bits per heavy atom. The number of furan rings is 1. The van der Waals surface area contributed by atoms with Gasteiger partial charge in [-0.15, -0.1) is 12.4 Å². The number of aryl methyl sites for hydroxylation is 1. The molecule has 40 heavy (non-hydrogen) atoms. The van der Waals surface area contributed by atoms with E-state index in [0.717, 1.165) is 30.4 Å². The van der Waals surface area contributed by atoms with Gasteiger partial charge in [-0.05, 0) is 84.5 Å². The zero-order chi connectivity index (χ0) is 27.4. The zero-order valence-corrected chi connectivity index (χ0v) is 22.9. The van der Waals surface area contributed by atoms with Crippen molar-refractivity contribution in [2.24, 2.45) is 0 Å². The summed E-state index contributed by atoms with van der Waals surface area (Å²) >= 11 is 6.05. The first kappa shape index (κ1) is 29.2. The van der Waals surface area contributed by atoms with E-state index in [9.17, 15) is 19.8 Å². The Morgan fingerprint density at radius 3 is 2.62 bits per heavy atom. The quantitative estimate of drug-likeness (QED) is 0.183. The number of aliphatic hydroxyl groups is 1. The second kappa shape index (κ2) is 13.0. The number of carbonyl (C=O) groups is 2. The number of hydrogen-bond donors (Lipinski definition) is 4. The van der Waals surface area contributed by atoms with E-state index in [1.807, 2.05) is 30.3 Å². The molecule has 5 rings (SSSR count). The molecule has 0 aliphatic heterocycles. The Balaban J connectivity index is 0.00000370. The first-order valence-corrected chi connectivity index (χ1v) is 12.9. The van der Waals surface area contributed by atoms with E-state index >= 15 is 0 Å². The fourth-order valence-electron chi connectivity index (χ4n) is 4.67. The number of fused-ring (bicyclic) bond motifs is 1. The standard InChI is InChI=1S/C30H27ClN2O6.ClH/c31-22-4-1-3-19(11-22)27(34)17-32-23-8-6-18-7-9-25(14-20(18)12-23)39-26-15-21(30(36)37)13-24(16-26)33-29(35)28-5-2-10-38-28;/h1-5,7,9-11,13-16,23,27,32,34H,6,8,12,17H2,(H,33,35)(H,36,37);1H/t23-,27-;/m0./s1. The van der Waals surface area contributed by atoms with Gasteiger partial charge in [0.15, 0.2) is 5.76 Å². The minimum atomic E-state index is -1.15. The Labute approximate surface area is 242 Å². The second-order valence-electron chi connectivity index (χ2n) is 9.43. The maximum Gasteiger partial charge on any atom is 0.335 e. The van der Waals surface area contributed by atoms with Crippen molar-refractivity contribution < 1.29 is 29.0 Å². The van der Waals surface area contributed by atoms with Crippen LogP contribution in [0.5, 0.6) is 11.5 Å². The predicted molar refractivity (Wildman–Crippen MR) is 154 cm³/mol. The van der Waals surface area contributed by atoms with E-state index in [4.69, 9.17) is 20.8 Å². The van der Waals surface area contributed by atoms with Crippen LogP contribution < -0.4 is 15.4 Å². The maximum absolute atomic E-state index is 12.4. The molecule has 0 unspecified atom stereocenters. The molecule has 208 valence electrons. The van der Waals surface area contributed by atoms with Crippen molar-refractivity contribution in [3.63, 3.8) is 0 Å². The van der Waals surface area contributed by atoms with Gasteiger partial charge in [0.1, 0.15) is 11.5 Å². The minimum Gasteiger partial charge on any atom is -0.478 e. The zero-order valence-electron chi connectivity index (χ0n) is 21.3. The summed E-state index contributed by atoms with van der Waals surface area (Å²) in [5, 5.41) is 26.8. The number of carbonyl (C=O) groups excluding carboxylic acids is 1. The van der Waals surface area contributed by atoms with Crippen molar-refractivity contribution in [3.05, 3.63) is 112 Å². The van der Waals surface area contributed by atoms with Crippen LogP contribution in [0.2, 0.25) is 5.02 Å². The van der Waals surface area contributed by atoms with Crippen LogP contribution >= 0.6 is 24.0 Å². The maximum atomic E-state index is 12.4. The number of rotatable bonds is 9. The Bertz CT molecular complexity index is 1490. The van der Waals surface area contributed by atoms with Crippen molar-refractivity contribution in [1.29, 1.82) is 0 Å². The van der Waals surface area contributed by atoms with Crippen molar-refractivity contribution >= 4 is 41.6 Å². The summed E-state index contributed by atoms with van der Waals surface area (Å²) < 4.78 is 11.1. The molecule has 3 aromatic carbocycles. The number of carboxylic acids is 1. The highest BCUT2D eigenvalue weighted by molar-refractivity contribution is 6.30. The monoisotopic (exact) mass is 582 g/mol. The number of halogens is 2. The topological polar surface area (TPSA) is 121 Å². The SMILES string of the molecule is Cl.O=C(O)c1cc(NC(=O)c2ccco2)cc(Oc2ccc3c(c2)C[C@@H](NC[C@H](O)c2cccc(Cl)c2)CC3)c1. The molecule has 0 saturated heterocycles. The van der Waals surface area contributed by atoms with E-state index in [0.29, 0.717) is 17.3 Å². The van der Waals surface area contributed by atoms with Crippen molar-refractivity contribution in [1.82, 2.24) is 5.32 Å².